The van der Waals surface area contributed by atoms with Crippen molar-refractivity contribution in [3.63, 3.8) is 0 Å². The maximum absolute atomic E-state index is 5.51. The minimum Gasteiger partial charge on any atom is -0.383 e. The molecule has 0 unspecified atom stereocenters. The number of nitrogens with zero attached hydrogens (tertiary/aromatic N) is 3. The lowest BCUT2D eigenvalue weighted by atomic mass is 10.4. The fraction of sp³-hybridized carbons (Fsp3) is 0.636. The van der Waals surface area contributed by atoms with Crippen molar-refractivity contribution < 1.29 is 4.74 Å². The van der Waals surface area contributed by atoms with E-state index in [0.29, 0.717) is 13.2 Å². The molecule has 1 heterocycles. The topological polar surface area (TPSA) is 64.3 Å². The fourth-order valence-corrected chi connectivity index (χ4v) is 1.38. The molecule has 5 nitrogen and oxygen atoms in total. The van der Waals surface area contributed by atoms with E-state index in [1.807, 2.05) is 13.0 Å². The summed E-state index contributed by atoms with van der Waals surface area (Å²) in [5.41, 5.74) is 6.49. The Labute approximate surface area is 96.6 Å². The van der Waals surface area contributed by atoms with Crippen molar-refractivity contribution in [1.29, 1.82) is 0 Å². The van der Waals surface area contributed by atoms with E-state index < -0.39 is 0 Å². The molecule has 5 heteroatoms. The Kier molecular flexibility index (Phi) is 5.74. The standard InChI is InChI=1S/C11H20N4O/c1-10-4-6-13-11(14-10)15(7-3-5-12)8-9-16-2/h4,6H,3,5,7-9,12H2,1-2H3. The summed E-state index contributed by atoms with van der Waals surface area (Å²) >= 11 is 0. The van der Waals surface area contributed by atoms with Crippen LogP contribution < -0.4 is 10.6 Å². The Morgan fingerprint density at radius 1 is 1.44 bits per heavy atom. The van der Waals surface area contributed by atoms with Gasteiger partial charge >= 0.3 is 0 Å². The molecule has 0 atom stereocenters. The van der Waals surface area contributed by atoms with Crippen LogP contribution in [0.3, 0.4) is 0 Å². The van der Waals surface area contributed by atoms with E-state index >= 15 is 0 Å². The minimum atomic E-state index is 0.669. The van der Waals surface area contributed by atoms with Crippen LogP contribution in [0.5, 0.6) is 0 Å². The maximum atomic E-state index is 5.51. The zero-order chi connectivity index (χ0) is 11.8. The summed E-state index contributed by atoms with van der Waals surface area (Å²) in [4.78, 5) is 10.8. The van der Waals surface area contributed by atoms with Gasteiger partial charge in [0.1, 0.15) is 0 Å². The minimum absolute atomic E-state index is 0.669. The second kappa shape index (κ2) is 7.14. The third-order valence-corrected chi connectivity index (χ3v) is 2.26. The molecule has 0 aliphatic rings. The number of ether oxygens (including phenoxy) is 1. The van der Waals surface area contributed by atoms with Crippen molar-refractivity contribution in [2.45, 2.75) is 13.3 Å². The number of methoxy groups -OCH3 is 1. The average Bonchev–Trinajstić information content (AvgIpc) is 2.29. The van der Waals surface area contributed by atoms with Crippen LogP contribution in [0.2, 0.25) is 0 Å². The van der Waals surface area contributed by atoms with Gasteiger partial charge in [0.25, 0.3) is 0 Å². The molecule has 0 radical (unpaired) electrons. The molecular weight excluding hydrogens is 204 g/mol. The van der Waals surface area contributed by atoms with Crippen LogP contribution in [0, 0.1) is 6.92 Å². The van der Waals surface area contributed by atoms with Crippen LogP contribution in [0.4, 0.5) is 5.95 Å². The van der Waals surface area contributed by atoms with Gasteiger partial charge in [-0.05, 0) is 26.0 Å². The molecule has 0 aliphatic carbocycles. The van der Waals surface area contributed by atoms with E-state index in [-0.39, 0.29) is 0 Å². The SMILES string of the molecule is COCCN(CCCN)c1nccc(C)n1. The van der Waals surface area contributed by atoms with Crippen LogP contribution in [-0.4, -0.2) is 43.3 Å². The summed E-state index contributed by atoms with van der Waals surface area (Å²) < 4.78 is 5.08. The predicted molar refractivity (Wildman–Crippen MR) is 64.5 cm³/mol. The summed E-state index contributed by atoms with van der Waals surface area (Å²) in [7, 11) is 1.69. The lowest BCUT2D eigenvalue weighted by Gasteiger charge is -2.22. The molecular formula is C11H20N4O. The van der Waals surface area contributed by atoms with Gasteiger partial charge in [-0.2, -0.15) is 0 Å². The summed E-state index contributed by atoms with van der Waals surface area (Å²) in [5, 5.41) is 0. The molecule has 0 saturated heterocycles. The van der Waals surface area contributed by atoms with Crippen LogP contribution in [-0.2, 0) is 4.74 Å². The van der Waals surface area contributed by atoms with Gasteiger partial charge in [0.05, 0.1) is 6.61 Å². The van der Waals surface area contributed by atoms with Gasteiger partial charge < -0.3 is 15.4 Å². The number of hydrogen-bond donors (Lipinski definition) is 1. The van der Waals surface area contributed by atoms with Crippen molar-refractivity contribution >= 4 is 5.95 Å². The number of anilines is 1. The predicted octanol–water partition coefficient (Wildman–Crippen LogP) is 0.587. The van der Waals surface area contributed by atoms with Gasteiger partial charge in [-0.3, -0.25) is 0 Å². The molecule has 16 heavy (non-hydrogen) atoms. The molecule has 0 saturated carbocycles. The number of aryl methyl sites for hydroxylation is 1. The van der Waals surface area contributed by atoms with E-state index in [9.17, 15) is 0 Å². The van der Waals surface area contributed by atoms with E-state index in [1.54, 1.807) is 13.3 Å². The lowest BCUT2D eigenvalue weighted by molar-refractivity contribution is 0.205. The highest BCUT2D eigenvalue weighted by Gasteiger charge is 2.08. The van der Waals surface area contributed by atoms with Crippen molar-refractivity contribution in [2.75, 3.05) is 38.3 Å². The molecule has 0 aromatic carbocycles. The molecule has 1 aromatic rings. The fourth-order valence-electron chi connectivity index (χ4n) is 1.38. The highest BCUT2D eigenvalue weighted by molar-refractivity contribution is 5.29. The monoisotopic (exact) mass is 224 g/mol. The molecule has 2 N–H and O–H groups in total. The van der Waals surface area contributed by atoms with Gasteiger partial charge in [-0.15, -0.1) is 0 Å². The molecule has 90 valence electrons. The highest BCUT2D eigenvalue weighted by Crippen LogP contribution is 2.07. The zero-order valence-electron chi connectivity index (χ0n) is 10.0. The maximum Gasteiger partial charge on any atom is 0.225 e. The Morgan fingerprint density at radius 2 is 2.25 bits per heavy atom. The normalized spacial score (nSPS) is 10.4. The first kappa shape index (κ1) is 12.9. The molecule has 1 aromatic heterocycles. The summed E-state index contributed by atoms with van der Waals surface area (Å²) in [6, 6.07) is 1.89. The highest BCUT2D eigenvalue weighted by atomic mass is 16.5. The van der Waals surface area contributed by atoms with Gasteiger partial charge in [0, 0.05) is 32.1 Å². The zero-order valence-corrected chi connectivity index (χ0v) is 10.0. The Morgan fingerprint density at radius 3 is 2.88 bits per heavy atom. The van der Waals surface area contributed by atoms with Crippen molar-refractivity contribution in [1.82, 2.24) is 9.97 Å². The second-order valence-electron chi connectivity index (χ2n) is 3.62. The average molecular weight is 224 g/mol. The number of rotatable bonds is 7. The molecule has 0 fully saturated rings. The first-order chi connectivity index (χ1) is 7.77. The third-order valence-electron chi connectivity index (χ3n) is 2.26. The first-order valence-electron chi connectivity index (χ1n) is 5.51. The number of nitrogens with two attached hydrogens (primary N) is 1. The third kappa shape index (κ3) is 4.12. The first-order valence-corrected chi connectivity index (χ1v) is 5.51. The lowest BCUT2D eigenvalue weighted by Crippen LogP contribution is -2.31. The van der Waals surface area contributed by atoms with E-state index in [1.165, 1.54) is 0 Å². The smallest absolute Gasteiger partial charge is 0.225 e. The molecule has 0 bridgehead atoms. The van der Waals surface area contributed by atoms with E-state index in [0.717, 1.165) is 31.2 Å². The molecule has 0 spiro atoms. The Bertz CT molecular complexity index is 298. The van der Waals surface area contributed by atoms with E-state index in [2.05, 4.69) is 14.9 Å². The van der Waals surface area contributed by atoms with Gasteiger partial charge in [-0.1, -0.05) is 0 Å². The van der Waals surface area contributed by atoms with Gasteiger partial charge in [-0.25, -0.2) is 9.97 Å². The molecule has 1 rings (SSSR count). The van der Waals surface area contributed by atoms with Gasteiger partial charge in [0.15, 0.2) is 0 Å². The second-order valence-corrected chi connectivity index (χ2v) is 3.62. The van der Waals surface area contributed by atoms with Crippen molar-refractivity contribution in [2.24, 2.45) is 5.73 Å². The quantitative estimate of drug-likeness (QED) is 0.734. The Balaban J connectivity index is 2.66. The van der Waals surface area contributed by atoms with Crippen molar-refractivity contribution in [3.05, 3.63) is 18.0 Å². The summed E-state index contributed by atoms with van der Waals surface area (Å²) in [6.45, 7) is 4.96. The number of hydrogen-bond acceptors (Lipinski definition) is 5. The van der Waals surface area contributed by atoms with Crippen LogP contribution in [0.1, 0.15) is 12.1 Å². The van der Waals surface area contributed by atoms with Crippen LogP contribution in [0.25, 0.3) is 0 Å². The van der Waals surface area contributed by atoms with Crippen LogP contribution >= 0.6 is 0 Å². The summed E-state index contributed by atoms with van der Waals surface area (Å²) in [5.74, 6) is 0.755. The largest absolute Gasteiger partial charge is 0.383 e. The van der Waals surface area contributed by atoms with Crippen LogP contribution in [0.15, 0.2) is 12.3 Å². The van der Waals surface area contributed by atoms with Crippen molar-refractivity contribution in [3.8, 4) is 0 Å². The summed E-state index contributed by atoms with van der Waals surface area (Å²) in [6.07, 6.45) is 2.71. The van der Waals surface area contributed by atoms with Gasteiger partial charge in [0.2, 0.25) is 5.95 Å². The Hall–Kier alpha value is -1.20. The van der Waals surface area contributed by atoms with E-state index in [4.69, 9.17) is 10.5 Å². The molecule has 0 amide bonds. The molecule has 0 aliphatic heterocycles. The number of aromatic nitrogens is 2.